The molecule has 2 aliphatic rings. The quantitative estimate of drug-likeness (QED) is 0.431. The van der Waals surface area contributed by atoms with Crippen LogP contribution in [0.3, 0.4) is 0 Å². The number of hydrogen-bond acceptors (Lipinski definition) is 9. The zero-order chi connectivity index (χ0) is 12.7. The third-order valence-electron chi connectivity index (χ3n) is 2.09. The molecule has 3 rings (SSSR count). The van der Waals surface area contributed by atoms with Crippen LogP contribution in [0.5, 0.6) is 0 Å². The van der Waals surface area contributed by atoms with E-state index in [9.17, 15) is 0 Å². The molecule has 0 unspecified atom stereocenters. The van der Waals surface area contributed by atoms with Crippen LogP contribution >= 0.6 is 107 Å². The fraction of sp³-hybridized carbons (Fsp3) is 0.222. The number of thiol groups is 2. The monoisotopic (exact) mass is 402 g/mol. The van der Waals surface area contributed by atoms with Crippen LogP contribution in [-0.4, -0.2) is 11.5 Å². The van der Waals surface area contributed by atoms with Crippen molar-refractivity contribution in [2.75, 3.05) is 11.5 Å². The lowest BCUT2D eigenvalue weighted by Crippen LogP contribution is -1.80. The van der Waals surface area contributed by atoms with Crippen molar-refractivity contribution in [1.82, 2.24) is 0 Å². The highest BCUT2D eigenvalue weighted by Crippen LogP contribution is 2.63. The highest BCUT2D eigenvalue weighted by Gasteiger charge is 2.28. The Bertz CT molecular complexity index is 555. The van der Waals surface area contributed by atoms with Gasteiger partial charge < -0.3 is 0 Å². The third kappa shape index (κ3) is 2.89. The summed E-state index contributed by atoms with van der Waals surface area (Å²) in [6.07, 6.45) is 0. The topological polar surface area (TPSA) is 0 Å². The third-order valence-corrected chi connectivity index (χ3v) is 12.0. The molecule has 9 heteroatoms. The first-order valence-electron chi connectivity index (χ1n) is 4.74. The SMILES string of the molecule is S=c1sc2c(s1)SC(=C1SC(CS)=C(CS)S1)S2. The van der Waals surface area contributed by atoms with Gasteiger partial charge in [-0.3, -0.25) is 0 Å². The Morgan fingerprint density at radius 2 is 1.22 bits per heavy atom. The van der Waals surface area contributed by atoms with E-state index in [4.69, 9.17) is 12.2 Å². The summed E-state index contributed by atoms with van der Waals surface area (Å²) in [4.78, 5) is 2.70. The average molecular weight is 403 g/mol. The number of thioether (sulfide) groups is 4. The molecule has 0 aromatic carbocycles. The van der Waals surface area contributed by atoms with Crippen LogP contribution in [0.4, 0.5) is 0 Å². The molecule has 0 nitrogen and oxygen atoms in total. The molecule has 0 amide bonds. The fourth-order valence-electron chi connectivity index (χ4n) is 1.34. The predicted octanol–water partition coefficient (Wildman–Crippen LogP) is 6.41. The van der Waals surface area contributed by atoms with E-state index in [1.807, 2.05) is 47.0 Å². The molecular formula is C9H6S9. The Labute approximate surface area is 147 Å². The number of hydrogen-bond donors (Lipinski definition) is 2. The van der Waals surface area contributed by atoms with Crippen molar-refractivity contribution in [1.29, 1.82) is 0 Å². The maximum Gasteiger partial charge on any atom is 0.145 e. The van der Waals surface area contributed by atoms with Gasteiger partial charge in [-0.15, -0.1) is 22.7 Å². The zero-order valence-corrected chi connectivity index (χ0v) is 16.2. The largest absolute Gasteiger partial charge is 0.174 e. The predicted molar refractivity (Wildman–Crippen MR) is 102 cm³/mol. The summed E-state index contributed by atoms with van der Waals surface area (Å²) < 4.78 is 6.55. The van der Waals surface area contributed by atoms with Crippen molar-refractivity contribution in [2.24, 2.45) is 0 Å². The molecule has 0 radical (unpaired) electrons. The molecule has 0 atom stereocenters. The first-order chi connectivity index (χ1) is 8.71. The van der Waals surface area contributed by atoms with Crippen LogP contribution in [-0.2, 0) is 0 Å². The molecule has 18 heavy (non-hydrogen) atoms. The molecule has 0 aliphatic carbocycles. The van der Waals surface area contributed by atoms with Gasteiger partial charge in [0, 0.05) is 21.3 Å². The van der Waals surface area contributed by atoms with Crippen LogP contribution in [0.2, 0.25) is 0 Å². The van der Waals surface area contributed by atoms with Gasteiger partial charge in [-0.05, 0) is 0 Å². The smallest absolute Gasteiger partial charge is 0.145 e. The molecular weight excluding hydrogens is 397 g/mol. The molecule has 1 aromatic heterocycles. The van der Waals surface area contributed by atoms with E-state index in [0.29, 0.717) is 0 Å². The van der Waals surface area contributed by atoms with E-state index >= 15 is 0 Å². The van der Waals surface area contributed by atoms with Crippen molar-refractivity contribution >= 4 is 107 Å². The van der Waals surface area contributed by atoms with Crippen molar-refractivity contribution < 1.29 is 0 Å². The second kappa shape index (κ2) is 6.31. The zero-order valence-electron chi connectivity index (χ0n) is 8.67. The summed E-state index contributed by atoms with van der Waals surface area (Å²) in [7, 11) is 0. The van der Waals surface area contributed by atoms with Crippen LogP contribution in [0, 0.1) is 3.14 Å². The lowest BCUT2D eigenvalue weighted by molar-refractivity contribution is 1.56. The lowest BCUT2D eigenvalue weighted by atomic mass is 10.6. The Balaban J connectivity index is 1.84. The average Bonchev–Trinajstić information content (AvgIpc) is 2.99. The van der Waals surface area contributed by atoms with Gasteiger partial charge in [0.2, 0.25) is 0 Å². The van der Waals surface area contributed by atoms with Gasteiger partial charge in [0.25, 0.3) is 0 Å². The van der Waals surface area contributed by atoms with Gasteiger partial charge in [-0.1, -0.05) is 59.3 Å². The van der Waals surface area contributed by atoms with Crippen LogP contribution in [0.15, 0.2) is 26.7 Å². The summed E-state index contributed by atoms with van der Waals surface area (Å²) in [5, 5.41) is 0. The second-order valence-electron chi connectivity index (χ2n) is 3.17. The van der Waals surface area contributed by atoms with Gasteiger partial charge >= 0.3 is 0 Å². The number of fused-ring (bicyclic) bond motifs is 1. The van der Waals surface area contributed by atoms with E-state index in [1.54, 1.807) is 22.7 Å². The molecule has 2 aliphatic heterocycles. The van der Waals surface area contributed by atoms with Crippen molar-refractivity contribution in [3.8, 4) is 0 Å². The van der Waals surface area contributed by atoms with E-state index in [0.717, 1.165) is 14.6 Å². The van der Waals surface area contributed by atoms with Crippen molar-refractivity contribution in [2.45, 2.75) is 8.42 Å². The molecule has 0 N–H and O–H groups in total. The summed E-state index contributed by atoms with van der Waals surface area (Å²) >= 11 is 24.9. The first-order valence-corrected chi connectivity index (χ1v) is 11.3. The van der Waals surface area contributed by atoms with Gasteiger partial charge in [0.05, 0.1) is 16.9 Å². The summed E-state index contributed by atoms with van der Waals surface area (Å²) in [5.74, 6) is 1.61. The normalized spacial score (nSPS) is 19.0. The van der Waals surface area contributed by atoms with Gasteiger partial charge in [0.15, 0.2) is 0 Å². The minimum Gasteiger partial charge on any atom is -0.174 e. The standard InChI is InChI=1S/C9H6S9/c10-1-3-4(2-11)14-5(13-3)6-15-7-8(16-6)18-9(12)17-7/h10-11H,1-2H2. The minimum atomic E-state index is 0.806. The van der Waals surface area contributed by atoms with Gasteiger partial charge in [0.1, 0.15) is 3.14 Å². The Hall–Kier alpha value is 1.85. The van der Waals surface area contributed by atoms with Gasteiger partial charge in [-0.25, -0.2) is 0 Å². The number of rotatable bonds is 2. The maximum atomic E-state index is 5.22. The lowest BCUT2D eigenvalue weighted by Gasteiger charge is -2.00. The highest BCUT2D eigenvalue weighted by atomic mass is 32.2. The van der Waals surface area contributed by atoms with E-state index in [2.05, 4.69) is 25.3 Å². The molecule has 0 saturated heterocycles. The first kappa shape index (κ1) is 14.8. The Morgan fingerprint density at radius 3 is 1.67 bits per heavy atom. The van der Waals surface area contributed by atoms with Crippen molar-refractivity contribution in [3.63, 3.8) is 0 Å². The molecule has 3 heterocycles. The van der Waals surface area contributed by atoms with E-state index in [1.165, 1.54) is 26.7 Å². The summed E-state index contributed by atoms with van der Waals surface area (Å²) in [5.41, 5.74) is 0. The molecule has 0 saturated carbocycles. The van der Waals surface area contributed by atoms with Gasteiger partial charge in [-0.2, -0.15) is 25.3 Å². The van der Waals surface area contributed by atoms with Crippen LogP contribution in [0.25, 0.3) is 0 Å². The highest BCUT2D eigenvalue weighted by molar-refractivity contribution is 8.33. The Kier molecular flexibility index (Phi) is 5.18. The fourth-order valence-corrected chi connectivity index (χ4v) is 11.7. The maximum absolute atomic E-state index is 5.22. The van der Waals surface area contributed by atoms with Crippen molar-refractivity contribution in [3.05, 3.63) is 21.4 Å². The molecule has 0 bridgehead atoms. The molecule has 0 fully saturated rings. The summed E-state index contributed by atoms with van der Waals surface area (Å²) in [6.45, 7) is 0. The van der Waals surface area contributed by atoms with E-state index < -0.39 is 0 Å². The Morgan fingerprint density at radius 1 is 0.778 bits per heavy atom. The van der Waals surface area contributed by atoms with Crippen LogP contribution in [0.1, 0.15) is 0 Å². The minimum absolute atomic E-state index is 0.806. The summed E-state index contributed by atoms with van der Waals surface area (Å²) in [6, 6.07) is 0. The van der Waals surface area contributed by atoms with E-state index in [-0.39, 0.29) is 0 Å². The molecule has 96 valence electrons. The second-order valence-corrected chi connectivity index (χ2v) is 12.3. The van der Waals surface area contributed by atoms with Crippen LogP contribution < -0.4 is 0 Å². The molecule has 0 spiro atoms. The molecule has 1 aromatic rings.